The zero-order valence-corrected chi connectivity index (χ0v) is 11.2. The van der Waals surface area contributed by atoms with E-state index in [1.165, 1.54) is 11.1 Å². The molecule has 2 heterocycles. The van der Waals surface area contributed by atoms with Gasteiger partial charge in [-0.3, -0.25) is 4.79 Å². The van der Waals surface area contributed by atoms with E-state index >= 15 is 0 Å². The van der Waals surface area contributed by atoms with Crippen molar-refractivity contribution in [3.05, 3.63) is 29.3 Å². The molecule has 1 aromatic rings. The molecular weight excluding hydrogens is 240 g/mol. The number of nitrogens with one attached hydrogen (secondary N) is 1. The Morgan fingerprint density at radius 1 is 1.37 bits per heavy atom. The molecule has 3 rings (SSSR count). The molecular formula is C15H20N2O2. The molecule has 0 unspecified atom stereocenters. The summed E-state index contributed by atoms with van der Waals surface area (Å²) in [6.07, 6.45) is 2.98. The topological polar surface area (TPSA) is 41.6 Å². The van der Waals surface area contributed by atoms with Crippen LogP contribution in [-0.2, 0) is 17.6 Å². The Morgan fingerprint density at radius 2 is 2.32 bits per heavy atom. The SMILES string of the molecule is O=C1CNCCCN1CCc1ccc2c(c1)CCO2. The Bertz CT molecular complexity index is 473. The Balaban J connectivity index is 1.60. The molecule has 4 heteroatoms. The van der Waals surface area contributed by atoms with Crippen LogP contribution in [0.2, 0.25) is 0 Å². The maximum Gasteiger partial charge on any atom is 0.236 e. The second-order valence-corrected chi connectivity index (χ2v) is 5.20. The van der Waals surface area contributed by atoms with Crippen LogP contribution in [0.15, 0.2) is 18.2 Å². The standard InChI is InChI=1S/C15H20N2O2/c18-15-11-16-6-1-7-17(15)8-4-12-2-3-14-13(10-12)5-9-19-14/h2-3,10,16H,1,4-9,11H2. The first kappa shape index (κ1) is 12.5. The molecule has 2 aliphatic rings. The molecule has 4 nitrogen and oxygen atoms in total. The van der Waals surface area contributed by atoms with Crippen LogP contribution < -0.4 is 10.1 Å². The van der Waals surface area contributed by atoms with E-state index in [1.54, 1.807) is 0 Å². The molecule has 0 aromatic heterocycles. The number of carbonyl (C=O) groups is 1. The average Bonchev–Trinajstić information content (AvgIpc) is 2.79. The fraction of sp³-hybridized carbons (Fsp3) is 0.533. The molecule has 0 atom stereocenters. The smallest absolute Gasteiger partial charge is 0.236 e. The van der Waals surface area contributed by atoms with E-state index < -0.39 is 0 Å². The van der Waals surface area contributed by atoms with Gasteiger partial charge in [0.1, 0.15) is 5.75 Å². The van der Waals surface area contributed by atoms with E-state index in [2.05, 4.69) is 23.5 Å². The van der Waals surface area contributed by atoms with Crippen molar-refractivity contribution in [1.82, 2.24) is 10.2 Å². The van der Waals surface area contributed by atoms with Crippen molar-refractivity contribution in [3.63, 3.8) is 0 Å². The lowest BCUT2D eigenvalue weighted by Gasteiger charge is -2.20. The first-order valence-corrected chi connectivity index (χ1v) is 7.06. The van der Waals surface area contributed by atoms with Crippen LogP contribution in [0.25, 0.3) is 0 Å². The number of fused-ring (bicyclic) bond motifs is 1. The molecule has 102 valence electrons. The Morgan fingerprint density at radius 3 is 3.26 bits per heavy atom. The Hall–Kier alpha value is -1.55. The van der Waals surface area contributed by atoms with Crippen molar-refractivity contribution in [2.75, 3.05) is 32.8 Å². The first-order chi connectivity index (χ1) is 9.33. The van der Waals surface area contributed by atoms with Crippen molar-refractivity contribution in [1.29, 1.82) is 0 Å². The Kier molecular flexibility index (Phi) is 3.69. The third-order valence-electron chi connectivity index (χ3n) is 3.83. The number of benzene rings is 1. The first-order valence-electron chi connectivity index (χ1n) is 7.06. The fourth-order valence-electron chi connectivity index (χ4n) is 2.72. The van der Waals surface area contributed by atoms with E-state index in [-0.39, 0.29) is 5.91 Å². The van der Waals surface area contributed by atoms with E-state index in [9.17, 15) is 4.79 Å². The molecule has 0 spiro atoms. The van der Waals surface area contributed by atoms with Crippen molar-refractivity contribution in [2.45, 2.75) is 19.3 Å². The summed E-state index contributed by atoms with van der Waals surface area (Å²) in [5, 5.41) is 3.15. The molecule has 1 aromatic carbocycles. The molecule has 0 bridgehead atoms. The van der Waals surface area contributed by atoms with Crippen LogP contribution in [0.1, 0.15) is 17.5 Å². The summed E-state index contributed by atoms with van der Waals surface area (Å²) in [4.78, 5) is 13.8. The number of rotatable bonds is 3. The summed E-state index contributed by atoms with van der Waals surface area (Å²) in [6.45, 7) is 3.92. The van der Waals surface area contributed by atoms with Crippen LogP contribution in [-0.4, -0.2) is 43.6 Å². The summed E-state index contributed by atoms with van der Waals surface area (Å²) >= 11 is 0. The maximum atomic E-state index is 11.9. The number of hydrogen-bond acceptors (Lipinski definition) is 3. The molecule has 0 radical (unpaired) electrons. The number of amides is 1. The molecule has 1 saturated heterocycles. The summed E-state index contributed by atoms with van der Waals surface area (Å²) in [5.41, 5.74) is 2.61. The van der Waals surface area contributed by atoms with Gasteiger partial charge in [0, 0.05) is 19.5 Å². The minimum absolute atomic E-state index is 0.224. The number of ether oxygens (including phenoxy) is 1. The second kappa shape index (κ2) is 5.61. The molecule has 0 aliphatic carbocycles. The van der Waals surface area contributed by atoms with Gasteiger partial charge >= 0.3 is 0 Å². The lowest BCUT2D eigenvalue weighted by atomic mass is 10.1. The summed E-state index contributed by atoms with van der Waals surface area (Å²) in [7, 11) is 0. The van der Waals surface area contributed by atoms with Gasteiger partial charge in [0.15, 0.2) is 0 Å². The fourth-order valence-corrected chi connectivity index (χ4v) is 2.72. The number of hydrogen-bond donors (Lipinski definition) is 1. The molecule has 1 amide bonds. The van der Waals surface area contributed by atoms with Gasteiger partial charge in [-0.25, -0.2) is 0 Å². The van der Waals surface area contributed by atoms with Crippen LogP contribution in [0.3, 0.4) is 0 Å². The molecule has 1 N–H and O–H groups in total. The van der Waals surface area contributed by atoms with E-state index in [0.717, 1.165) is 51.3 Å². The van der Waals surface area contributed by atoms with Gasteiger partial charge < -0.3 is 15.0 Å². The third-order valence-corrected chi connectivity index (χ3v) is 3.83. The zero-order valence-electron chi connectivity index (χ0n) is 11.2. The van der Waals surface area contributed by atoms with Gasteiger partial charge in [-0.05, 0) is 36.6 Å². The van der Waals surface area contributed by atoms with Gasteiger partial charge in [-0.15, -0.1) is 0 Å². The lowest BCUT2D eigenvalue weighted by molar-refractivity contribution is -0.129. The Labute approximate surface area is 113 Å². The van der Waals surface area contributed by atoms with E-state index in [0.29, 0.717) is 6.54 Å². The molecule has 1 fully saturated rings. The molecule has 19 heavy (non-hydrogen) atoms. The van der Waals surface area contributed by atoms with Crippen molar-refractivity contribution in [3.8, 4) is 5.75 Å². The normalized spacial score (nSPS) is 18.9. The van der Waals surface area contributed by atoms with Crippen LogP contribution >= 0.6 is 0 Å². The third kappa shape index (κ3) is 2.89. The van der Waals surface area contributed by atoms with Crippen LogP contribution in [0, 0.1) is 0 Å². The summed E-state index contributed by atoms with van der Waals surface area (Å²) in [5.74, 6) is 1.25. The highest BCUT2D eigenvalue weighted by molar-refractivity contribution is 5.78. The summed E-state index contributed by atoms with van der Waals surface area (Å²) < 4.78 is 5.51. The average molecular weight is 260 g/mol. The van der Waals surface area contributed by atoms with Crippen LogP contribution in [0.4, 0.5) is 0 Å². The predicted molar refractivity (Wildman–Crippen MR) is 73.4 cm³/mol. The monoisotopic (exact) mass is 260 g/mol. The quantitative estimate of drug-likeness (QED) is 0.881. The second-order valence-electron chi connectivity index (χ2n) is 5.20. The largest absolute Gasteiger partial charge is 0.493 e. The number of nitrogens with zero attached hydrogens (tertiary/aromatic N) is 1. The van der Waals surface area contributed by atoms with Crippen molar-refractivity contribution in [2.24, 2.45) is 0 Å². The molecule has 2 aliphatic heterocycles. The maximum absolute atomic E-state index is 11.9. The van der Waals surface area contributed by atoms with Crippen molar-refractivity contribution >= 4 is 5.91 Å². The van der Waals surface area contributed by atoms with Gasteiger partial charge in [0.2, 0.25) is 5.91 Å². The molecule has 0 saturated carbocycles. The van der Waals surface area contributed by atoms with Gasteiger partial charge in [-0.1, -0.05) is 12.1 Å². The van der Waals surface area contributed by atoms with Gasteiger partial charge in [0.05, 0.1) is 13.2 Å². The van der Waals surface area contributed by atoms with E-state index in [4.69, 9.17) is 4.74 Å². The minimum Gasteiger partial charge on any atom is -0.493 e. The predicted octanol–water partition coefficient (Wildman–Crippen LogP) is 0.986. The lowest BCUT2D eigenvalue weighted by Crippen LogP contribution is -2.36. The van der Waals surface area contributed by atoms with Gasteiger partial charge in [0.25, 0.3) is 0 Å². The zero-order chi connectivity index (χ0) is 13.1. The highest BCUT2D eigenvalue weighted by Gasteiger charge is 2.16. The highest BCUT2D eigenvalue weighted by Crippen LogP contribution is 2.26. The van der Waals surface area contributed by atoms with Crippen LogP contribution in [0.5, 0.6) is 5.75 Å². The van der Waals surface area contributed by atoms with Crippen molar-refractivity contribution < 1.29 is 9.53 Å². The highest BCUT2D eigenvalue weighted by atomic mass is 16.5. The van der Waals surface area contributed by atoms with E-state index in [1.807, 2.05) is 4.90 Å². The number of carbonyl (C=O) groups excluding carboxylic acids is 1. The minimum atomic E-state index is 0.224. The van der Waals surface area contributed by atoms with Gasteiger partial charge in [-0.2, -0.15) is 0 Å². The summed E-state index contributed by atoms with van der Waals surface area (Å²) in [6, 6.07) is 6.40.